The van der Waals surface area contributed by atoms with Crippen LogP contribution in [0.2, 0.25) is 5.02 Å². The van der Waals surface area contributed by atoms with Gasteiger partial charge in [-0.2, -0.15) is 0 Å². The van der Waals surface area contributed by atoms with Crippen molar-refractivity contribution in [2.75, 3.05) is 51.6 Å². The first-order valence-electron chi connectivity index (χ1n) is 10.0. The maximum absolute atomic E-state index is 12.2. The Morgan fingerprint density at radius 1 is 1.27 bits per heavy atom. The van der Waals surface area contributed by atoms with E-state index in [0.717, 1.165) is 55.8 Å². The van der Waals surface area contributed by atoms with Gasteiger partial charge in [-0.15, -0.1) is 11.3 Å². The average Bonchev–Trinajstić information content (AvgIpc) is 3.13. The van der Waals surface area contributed by atoms with Crippen molar-refractivity contribution in [3.05, 3.63) is 41.0 Å². The van der Waals surface area contributed by atoms with Gasteiger partial charge in [0.05, 0.1) is 21.7 Å². The number of hydrogen-bond donors (Lipinski definition) is 2. The fraction of sp³-hybridized carbons (Fsp3) is 0.381. The van der Waals surface area contributed by atoms with Crippen molar-refractivity contribution in [1.29, 1.82) is 0 Å². The van der Waals surface area contributed by atoms with Gasteiger partial charge in [-0.25, -0.2) is 9.97 Å². The van der Waals surface area contributed by atoms with E-state index >= 15 is 0 Å². The summed E-state index contributed by atoms with van der Waals surface area (Å²) in [7, 11) is 2.16. The van der Waals surface area contributed by atoms with Crippen molar-refractivity contribution in [2.24, 2.45) is 5.73 Å². The lowest BCUT2D eigenvalue weighted by Gasteiger charge is -2.32. The Balaban J connectivity index is 1.48. The molecule has 0 bridgehead atoms. The second-order valence-corrected chi connectivity index (χ2v) is 8.94. The molecular weight excluding hydrogens is 420 g/mol. The van der Waals surface area contributed by atoms with Gasteiger partial charge in [0.15, 0.2) is 0 Å². The molecule has 3 aromatic rings. The van der Waals surface area contributed by atoms with Crippen molar-refractivity contribution in [1.82, 2.24) is 19.8 Å². The van der Waals surface area contributed by atoms with E-state index in [4.69, 9.17) is 17.3 Å². The zero-order valence-electron chi connectivity index (χ0n) is 16.9. The van der Waals surface area contributed by atoms with Crippen LogP contribution in [0.1, 0.15) is 16.8 Å². The van der Waals surface area contributed by atoms with E-state index in [1.807, 2.05) is 24.3 Å². The van der Waals surface area contributed by atoms with Crippen LogP contribution in [-0.4, -0.2) is 72.0 Å². The smallest absolute Gasteiger partial charge is 0.250 e. The molecule has 3 heterocycles. The van der Waals surface area contributed by atoms with E-state index in [2.05, 4.69) is 32.1 Å². The number of thiophene rings is 1. The van der Waals surface area contributed by atoms with Gasteiger partial charge in [0.2, 0.25) is 5.95 Å². The number of hydrogen-bond acceptors (Lipinski definition) is 7. The number of nitrogens with two attached hydrogens (primary N) is 1. The molecular formula is C21H25ClN6OS. The molecule has 4 rings (SSSR count). The molecule has 0 atom stereocenters. The highest BCUT2D eigenvalue weighted by Gasteiger charge is 2.21. The minimum absolute atomic E-state index is 0.395. The van der Waals surface area contributed by atoms with Crippen molar-refractivity contribution in [3.63, 3.8) is 0 Å². The lowest BCUT2D eigenvalue weighted by Crippen LogP contribution is -2.44. The second kappa shape index (κ2) is 9.26. The van der Waals surface area contributed by atoms with Gasteiger partial charge in [0.25, 0.3) is 5.91 Å². The molecule has 7 nitrogen and oxygen atoms in total. The molecule has 0 spiro atoms. The molecule has 0 saturated carbocycles. The summed E-state index contributed by atoms with van der Waals surface area (Å²) >= 11 is 7.86. The van der Waals surface area contributed by atoms with Crippen LogP contribution in [0, 0.1) is 0 Å². The normalized spacial score (nSPS) is 15.5. The summed E-state index contributed by atoms with van der Waals surface area (Å²) in [5.41, 5.74) is 6.67. The number of primary amides is 1. The molecule has 1 aliphatic heterocycles. The topological polar surface area (TPSA) is 87.4 Å². The summed E-state index contributed by atoms with van der Waals surface area (Å²) in [4.78, 5) is 26.6. The van der Waals surface area contributed by atoms with Crippen LogP contribution < -0.4 is 11.1 Å². The first kappa shape index (κ1) is 21.0. The minimum atomic E-state index is -0.487. The molecule has 0 radical (unpaired) electrons. The molecule has 0 aliphatic carbocycles. The summed E-state index contributed by atoms with van der Waals surface area (Å²) in [5, 5.41) is 4.50. The number of aromatic nitrogens is 2. The first-order valence-corrected chi connectivity index (χ1v) is 11.2. The predicted molar refractivity (Wildman–Crippen MR) is 123 cm³/mol. The third kappa shape index (κ3) is 4.57. The first-order chi connectivity index (χ1) is 14.5. The molecule has 3 N–H and O–H groups in total. The van der Waals surface area contributed by atoms with Crippen LogP contribution in [0.15, 0.2) is 30.5 Å². The minimum Gasteiger partial charge on any atom is -0.366 e. The van der Waals surface area contributed by atoms with E-state index < -0.39 is 5.91 Å². The number of amides is 1. The third-order valence-corrected chi connectivity index (χ3v) is 6.79. The molecule has 9 heteroatoms. The van der Waals surface area contributed by atoms with Gasteiger partial charge in [-0.1, -0.05) is 29.8 Å². The average molecular weight is 445 g/mol. The van der Waals surface area contributed by atoms with E-state index in [1.54, 1.807) is 6.20 Å². The summed E-state index contributed by atoms with van der Waals surface area (Å²) in [6.45, 7) is 6.27. The lowest BCUT2D eigenvalue weighted by molar-refractivity contribution is 0.100. The molecule has 2 aromatic heterocycles. The molecule has 1 aromatic carbocycles. The van der Waals surface area contributed by atoms with Gasteiger partial charge in [0.1, 0.15) is 5.69 Å². The number of halogens is 1. The van der Waals surface area contributed by atoms with E-state index in [0.29, 0.717) is 27.1 Å². The highest BCUT2D eigenvalue weighted by atomic mass is 35.5. The van der Waals surface area contributed by atoms with Crippen molar-refractivity contribution < 1.29 is 4.79 Å². The van der Waals surface area contributed by atoms with E-state index in [-0.39, 0.29) is 0 Å². The standard InChI is InChI=1S/C21H25ClN6OS/c1-27-9-11-28(12-10-27)8-4-7-24-21-25-13-15(22)18(26-21)19-17(20(23)29)14-5-2-3-6-16(14)30-19/h2-3,5-6,13H,4,7-12H2,1H3,(H2,23,29)(H,24,25,26). The summed E-state index contributed by atoms with van der Waals surface area (Å²) in [5.74, 6) is 0.0134. The van der Waals surface area contributed by atoms with Gasteiger partial charge >= 0.3 is 0 Å². The number of fused-ring (bicyclic) bond motifs is 1. The van der Waals surface area contributed by atoms with Crippen LogP contribution in [0.25, 0.3) is 20.7 Å². The Labute approximate surface area is 184 Å². The number of nitrogens with one attached hydrogen (secondary N) is 1. The number of benzene rings is 1. The van der Waals surface area contributed by atoms with E-state index in [9.17, 15) is 4.79 Å². The molecule has 1 amide bonds. The summed E-state index contributed by atoms with van der Waals surface area (Å²) in [6.07, 6.45) is 2.57. The Morgan fingerprint density at radius 3 is 2.80 bits per heavy atom. The van der Waals surface area contributed by atoms with Crippen LogP contribution in [0.5, 0.6) is 0 Å². The van der Waals surface area contributed by atoms with Crippen molar-refractivity contribution in [2.45, 2.75) is 6.42 Å². The largest absolute Gasteiger partial charge is 0.366 e. The SMILES string of the molecule is CN1CCN(CCCNc2ncc(Cl)c(-c3sc4ccccc4c3C(N)=O)n2)CC1. The van der Waals surface area contributed by atoms with Crippen LogP contribution in [0.4, 0.5) is 5.95 Å². The van der Waals surface area contributed by atoms with Crippen LogP contribution >= 0.6 is 22.9 Å². The quantitative estimate of drug-likeness (QED) is 0.544. The maximum atomic E-state index is 12.2. The van der Waals surface area contributed by atoms with Gasteiger partial charge < -0.3 is 20.9 Å². The number of anilines is 1. The second-order valence-electron chi connectivity index (χ2n) is 7.48. The van der Waals surface area contributed by atoms with Crippen LogP contribution in [0.3, 0.4) is 0 Å². The van der Waals surface area contributed by atoms with Crippen LogP contribution in [-0.2, 0) is 0 Å². The van der Waals surface area contributed by atoms with Gasteiger partial charge in [0, 0.05) is 42.8 Å². The summed E-state index contributed by atoms with van der Waals surface area (Å²) < 4.78 is 0.970. The maximum Gasteiger partial charge on any atom is 0.250 e. The molecule has 0 unspecified atom stereocenters. The Morgan fingerprint density at radius 2 is 2.03 bits per heavy atom. The number of piperazine rings is 1. The fourth-order valence-corrected chi connectivity index (χ4v) is 5.10. The molecule has 1 fully saturated rings. The van der Waals surface area contributed by atoms with E-state index in [1.165, 1.54) is 11.3 Å². The number of rotatable bonds is 7. The monoisotopic (exact) mass is 444 g/mol. The highest BCUT2D eigenvalue weighted by molar-refractivity contribution is 7.22. The number of nitrogens with zero attached hydrogens (tertiary/aromatic N) is 4. The number of carbonyl (C=O) groups is 1. The number of likely N-dealkylation sites (N-methyl/N-ethyl adjacent to an activating group) is 1. The Bertz CT molecular complexity index is 1050. The lowest BCUT2D eigenvalue weighted by atomic mass is 10.1. The predicted octanol–water partition coefficient (Wildman–Crippen LogP) is 3.16. The Kier molecular flexibility index (Phi) is 6.48. The highest BCUT2D eigenvalue weighted by Crippen LogP contribution is 2.40. The third-order valence-electron chi connectivity index (χ3n) is 5.33. The van der Waals surface area contributed by atoms with Crippen molar-refractivity contribution >= 4 is 44.9 Å². The van der Waals surface area contributed by atoms with Gasteiger partial charge in [-0.3, -0.25) is 4.79 Å². The number of carbonyl (C=O) groups excluding carboxylic acids is 1. The fourth-order valence-electron chi connectivity index (χ4n) is 3.64. The zero-order chi connectivity index (χ0) is 21.1. The molecule has 158 valence electrons. The molecule has 1 aliphatic rings. The van der Waals surface area contributed by atoms with Crippen molar-refractivity contribution in [3.8, 4) is 10.6 Å². The zero-order valence-corrected chi connectivity index (χ0v) is 18.5. The molecule has 1 saturated heterocycles. The molecule has 30 heavy (non-hydrogen) atoms. The van der Waals surface area contributed by atoms with Gasteiger partial charge in [-0.05, 0) is 26.1 Å². The summed E-state index contributed by atoms with van der Waals surface area (Å²) in [6, 6.07) is 7.67. The Hall–Kier alpha value is -2.26.